The Balaban J connectivity index is 1.42. The molecule has 1 unspecified atom stereocenters. The van der Waals surface area contributed by atoms with Crippen LogP contribution in [0.3, 0.4) is 0 Å². The number of carbonyl (C=O) groups is 3. The van der Waals surface area contributed by atoms with E-state index in [4.69, 9.17) is 4.52 Å². The van der Waals surface area contributed by atoms with E-state index >= 15 is 4.39 Å². The van der Waals surface area contributed by atoms with Gasteiger partial charge in [0.25, 0.3) is 17.6 Å². The first-order valence-electron chi connectivity index (χ1n) is 12.1. The highest BCUT2D eigenvalue weighted by Crippen LogP contribution is 2.43. The van der Waals surface area contributed by atoms with Crippen LogP contribution in [0.15, 0.2) is 55.1 Å². The number of hydrazine groups is 2. The molecule has 5 rings (SSSR count). The summed E-state index contributed by atoms with van der Waals surface area (Å²) in [5.74, 6) is -2.83. The van der Waals surface area contributed by atoms with Crippen LogP contribution in [0.1, 0.15) is 20.7 Å². The molecule has 0 radical (unpaired) electrons. The summed E-state index contributed by atoms with van der Waals surface area (Å²) < 4.78 is 37.7. The molecule has 210 valence electrons. The average Bonchev–Trinajstić information content (AvgIpc) is 3.65. The van der Waals surface area contributed by atoms with E-state index in [1.165, 1.54) is 26.9 Å². The predicted octanol–water partition coefficient (Wildman–Crippen LogP) is 1.36. The fraction of sp³-hybridized carbons (Fsp3) is 0.250. The van der Waals surface area contributed by atoms with Gasteiger partial charge in [-0.1, -0.05) is 18.2 Å². The van der Waals surface area contributed by atoms with E-state index in [9.17, 15) is 23.8 Å². The first-order chi connectivity index (χ1) is 19.2. The first-order valence-corrected chi connectivity index (χ1v) is 13.5. The molecule has 1 saturated heterocycles. The van der Waals surface area contributed by atoms with Crippen molar-refractivity contribution in [2.75, 3.05) is 38.3 Å². The van der Waals surface area contributed by atoms with Crippen molar-refractivity contribution in [3.05, 3.63) is 72.1 Å². The number of pyridine rings is 1. The molecule has 2 aliphatic rings. The molecule has 14 nitrogen and oxygen atoms in total. The number of hydrogen-bond donors (Lipinski definition) is 3. The molecule has 16 heteroatoms. The Kier molecular flexibility index (Phi) is 7.65. The number of hydrogen-bond acceptors (Lipinski definition) is 10. The Labute approximate surface area is 227 Å². The molecule has 1 fully saturated rings. The maximum Gasteiger partial charge on any atom is 0.473 e. The Morgan fingerprint density at radius 2 is 1.82 bits per heavy atom. The lowest BCUT2D eigenvalue weighted by atomic mass is 10.1. The molecule has 1 aromatic carbocycles. The molecular weight excluding hydrogens is 548 g/mol. The van der Waals surface area contributed by atoms with Gasteiger partial charge in [-0.2, -0.15) is 0 Å². The van der Waals surface area contributed by atoms with Crippen molar-refractivity contribution in [1.82, 2.24) is 30.3 Å². The lowest BCUT2D eigenvalue weighted by Gasteiger charge is -2.34. The molecule has 0 saturated carbocycles. The van der Waals surface area contributed by atoms with Crippen LogP contribution in [-0.4, -0.2) is 75.1 Å². The Morgan fingerprint density at radius 1 is 1.12 bits per heavy atom. The Hall–Kier alpha value is -4.14. The van der Waals surface area contributed by atoms with E-state index in [0.717, 1.165) is 19.5 Å². The summed E-state index contributed by atoms with van der Waals surface area (Å²) in [5, 5.41) is 1.16. The van der Waals surface area contributed by atoms with Crippen molar-refractivity contribution in [2.45, 2.75) is 6.73 Å². The summed E-state index contributed by atoms with van der Waals surface area (Å²) in [6.45, 7) is 0.0236. The van der Waals surface area contributed by atoms with E-state index in [1.54, 1.807) is 35.2 Å². The number of fused-ring (bicyclic) bond motifs is 1. The molecule has 2 aromatic heterocycles. The minimum Gasteiger partial charge on any atom is -0.335 e. The zero-order valence-corrected chi connectivity index (χ0v) is 22.1. The Bertz CT molecular complexity index is 1540. The van der Waals surface area contributed by atoms with E-state index in [1.807, 2.05) is 0 Å². The highest BCUT2D eigenvalue weighted by molar-refractivity contribution is 7.47. The fourth-order valence-electron chi connectivity index (χ4n) is 4.43. The summed E-state index contributed by atoms with van der Waals surface area (Å²) >= 11 is 0. The number of rotatable bonds is 8. The van der Waals surface area contributed by atoms with Gasteiger partial charge in [-0.3, -0.25) is 23.4 Å². The first kappa shape index (κ1) is 27.4. The molecule has 0 aliphatic carbocycles. The summed E-state index contributed by atoms with van der Waals surface area (Å²) in [6.07, 6.45) is 5.13. The van der Waals surface area contributed by atoms with E-state index in [0.29, 0.717) is 5.56 Å². The number of aromatic nitrogens is 2. The molecule has 2 amide bonds. The molecule has 3 aromatic rings. The van der Waals surface area contributed by atoms with Crippen LogP contribution in [0.25, 0.3) is 10.9 Å². The van der Waals surface area contributed by atoms with Crippen molar-refractivity contribution in [2.24, 2.45) is 0 Å². The average molecular weight is 573 g/mol. The maximum absolute atomic E-state index is 15.2. The van der Waals surface area contributed by atoms with Gasteiger partial charge in [0.05, 0.1) is 22.7 Å². The second-order valence-electron chi connectivity index (χ2n) is 8.80. The van der Waals surface area contributed by atoms with E-state index < -0.39 is 32.1 Å². The standard InChI is InChI=1S/C24H25FN7O7P/c1-38-40(36,37)39-15-31-14-17(19-18(25)13-26-22(20(19)31)32-8-7-27-28-32)21(33)24(35)30-11-9-29(10-12-30)23(34)16-5-3-2-4-6-16/h2-8,13-14,27-28H,9-12,15H2,1H3,(H,36,37). The third kappa shape index (κ3) is 5.33. The van der Waals surface area contributed by atoms with Gasteiger partial charge in [0.1, 0.15) is 6.73 Å². The fourth-order valence-corrected chi connectivity index (χ4v) is 4.81. The normalized spacial score (nSPS) is 16.7. The van der Waals surface area contributed by atoms with Crippen molar-refractivity contribution in [1.29, 1.82) is 0 Å². The number of Topliss-reactive ketones (excluding diaryl/α,β-unsaturated/α-hetero) is 1. The van der Waals surface area contributed by atoms with E-state index in [2.05, 4.69) is 20.5 Å². The summed E-state index contributed by atoms with van der Waals surface area (Å²) in [4.78, 5) is 56.1. The summed E-state index contributed by atoms with van der Waals surface area (Å²) in [5.41, 5.74) is 5.71. The van der Waals surface area contributed by atoms with Crippen LogP contribution in [0.4, 0.5) is 10.2 Å². The highest BCUT2D eigenvalue weighted by Gasteiger charge is 2.33. The van der Waals surface area contributed by atoms with Gasteiger partial charge in [0.15, 0.2) is 11.6 Å². The summed E-state index contributed by atoms with van der Waals surface area (Å²) in [6, 6.07) is 8.72. The van der Waals surface area contributed by atoms with E-state index in [-0.39, 0.29) is 54.4 Å². The number of phosphoric acid groups is 1. The number of piperazine rings is 1. The van der Waals surface area contributed by atoms with Gasteiger partial charge >= 0.3 is 7.82 Å². The second kappa shape index (κ2) is 11.2. The lowest BCUT2D eigenvalue weighted by Crippen LogP contribution is -2.52. The molecule has 1 atom stereocenters. The van der Waals surface area contributed by atoms with Crippen LogP contribution in [0.2, 0.25) is 0 Å². The van der Waals surface area contributed by atoms with Gasteiger partial charge < -0.3 is 24.7 Å². The molecule has 3 N–H and O–H groups in total. The van der Waals surface area contributed by atoms with Crippen LogP contribution < -0.4 is 16.0 Å². The smallest absolute Gasteiger partial charge is 0.335 e. The number of halogens is 1. The monoisotopic (exact) mass is 573 g/mol. The van der Waals surface area contributed by atoms with Crippen molar-refractivity contribution in [3.8, 4) is 0 Å². The molecule has 0 spiro atoms. The third-order valence-corrected chi connectivity index (χ3v) is 7.36. The van der Waals surface area contributed by atoms with Crippen molar-refractivity contribution < 1.29 is 37.3 Å². The number of amides is 2. The van der Waals surface area contributed by atoms with Crippen LogP contribution in [0.5, 0.6) is 0 Å². The number of carbonyl (C=O) groups excluding carboxylic acids is 3. The number of nitrogens with one attached hydrogen (secondary N) is 2. The van der Waals surface area contributed by atoms with Gasteiger partial charge in [-0.05, 0) is 12.1 Å². The number of anilines is 1. The van der Waals surface area contributed by atoms with Crippen molar-refractivity contribution in [3.63, 3.8) is 0 Å². The maximum atomic E-state index is 15.2. The van der Waals surface area contributed by atoms with Gasteiger partial charge in [0, 0.05) is 57.4 Å². The zero-order valence-electron chi connectivity index (χ0n) is 21.2. The lowest BCUT2D eigenvalue weighted by molar-refractivity contribution is -0.127. The second-order valence-corrected chi connectivity index (χ2v) is 10.4. The van der Waals surface area contributed by atoms with Crippen LogP contribution >= 0.6 is 7.82 Å². The predicted molar refractivity (Wildman–Crippen MR) is 139 cm³/mol. The number of phosphoric ester groups is 1. The number of nitrogens with zero attached hydrogens (tertiary/aromatic N) is 5. The molecular formula is C24H25FN7O7P. The number of benzene rings is 1. The molecule has 40 heavy (non-hydrogen) atoms. The Morgan fingerprint density at radius 3 is 2.48 bits per heavy atom. The minimum atomic E-state index is -4.44. The highest BCUT2D eigenvalue weighted by atomic mass is 31.2. The third-order valence-electron chi connectivity index (χ3n) is 6.45. The topological polar surface area (TPSA) is 159 Å². The molecule has 2 aliphatic heterocycles. The molecule has 0 bridgehead atoms. The SMILES string of the molecule is COP(=O)(O)OCn1cc(C(=O)C(=O)N2CCN(C(=O)c3ccccc3)CC2)c2c(F)cnc(N3C=CNN3)c21. The molecule has 4 heterocycles. The summed E-state index contributed by atoms with van der Waals surface area (Å²) in [7, 11) is -3.47. The zero-order chi connectivity index (χ0) is 28.4. The van der Waals surface area contributed by atoms with Gasteiger partial charge in [-0.25, -0.2) is 18.9 Å². The largest absolute Gasteiger partial charge is 0.473 e. The minimum absolute atomic E-state index is 0.0198. The van der Waals surface area contributed by atoms with Crippen LogP contribution in [-0.2, 0) is 25.1 Å². The van der Waals surface area contributed by atoms with Gasteiger partial charge in [-0.15, -0.1) is 5.53 Å². The van der Waals surface area contributed by atoms with Crippen LogP contribution in [0, 0.1) is 5.82 Å². The van der Waals surface area contributed by atoms with Crippen molar-refractivity contribution >= 4 is 42.1 Å². The quantitative estimate of drug-likeness (QED) is 0.203. The van der Waals surface area contributed by atoms with Gasteiger partial charge in [0.2, 0.25) is 0 Å². The number of ketones is 1.